The average Bonchev–Trinajstić information content (AvgIpc) is 2.57. The molecular formula is C12H21NO2. The summed E-state index contributed by atoms with van der Waals surface area (Å²) in [7, 11) is 0. The van der Waals surface area contributed by atoms with Gasteiger partial charge in [0.25, 0.3) is 0 Å². The minimum Gasteiger partial charge on any atom is -0.481 e. The van der Waals surface area contributed by atoms with E-state index < -0.39 is 5.97 Å². The first-order valence-corrected chi connectivity index (χ1v) is 6.21. The van der Waals surface area contributed by atoms with Gasteiger partial charge in [0, 0.05) is 0 Å². The zero-order valence-corrected chi connectivity index (χ0v) is 9.24. The Hall–Kier alpha value is -0.570. The molecule has 0 aliphatic heterocycles. The van der Waals surface area contributed by atoms with Gasteiger partial charge in [0.15, 0.2) is 0 Å². The van der Waals surface area contributed by atoms with E-state index in [1.807, 2.05) is 0 Å². The van der Waals surface area contributed by atoms with Crippen molar-refractivity contribution in [2.45, 2.75) is 38.5 Å². The summed E-state index contributed by atoms with van der Waals surface area (Å²) in [6.07, 6.45) is 7.17. The van der Waals surface area contributed by atoms with Crippen LogP contribution in [0.15, 0.2) is 0 Å². The van der Waals surface area contributed by atoms with Crippen LogP contribution in [0.2, 0.25) is 0 Å². The SMILES string of the molecule is O=C(O)C1CCCC1CNCC1CCC1. The molecule has 0 heterocycles. The first kappa shape index (κ1) is 10.9. The van der Waals surface area contributed by atoms with Gasteiger partial charge in [0.2, 0.25) is 0 Å². The van der Waals surface area contributed by atoms with Gasteiger partial charge in [-0.2, -0.15) is 0 Å². The van der Waals surface area contributed by atoms with Crippen molar-refractivity contribution in [2.75, 3.05) is 13.1 Å². The van der Waals surface area contributed by atoms with Crippen LogP contribution in [0.4, 0.5) is 0 Å². The Bertz CT molecular complexity index is 226. The molecule has 2 rings (SSSR count). The van der Waals surface area contributed by atoms with Crippen LogP contribution in [0.3, 0.4) is 0 Å². The maximum absolute atomic E-state index is 10.9. The van der Waals surface area contributed by atoms with E-state index in [2.05, 4.69) is 5.32 Å². The van der Waals surface area contributed by atoms with Crippen molar-refractivity contribution < 1.29 is 9.90 Å². The zero-order valence-electron chi connectivity index (χ0n) is 9.24. The number of nitrogens with one attached hydrogen (secondary N) is 1. The molecule has 0 spiro atoms. The Morgan fingerprint density at radius 1 is 1.13 bits per heavy atom. The van der Waals surface area contributed by atoms with E-state index in [9.17, 15) is 4.79 Å². The predicted octanol–water partition coefficient (Wildman–Crippen LogP) is 1.88. The third kappa shape index (κ3) is 2.71. The summed E-state index contributed by atoms with van der Waals surface area (Å²) in [5.74, 6) is 0.569. The van der Waals surface area contributed by atoms with Crippen LogP contribution >= 0.6 is 0 Å². The van der Waals surface area contributed by atoms with Gasteiger partial charge in [-0.1, -0.05) is 12.8 Å². The first-order chi connectivity index (χ1) is 7.27. The number of aliphatic carboxylic acids is 1. The molecule has 0 aromatic rings. The van der Waals surface area contributed by atoms with E-state index in [1.165, 1.54) is 19.3 Å². The first-order valence-electron chi connectivity index (χ1n) is 6.21. The quantitative estimate of drug-likeness (QED) is 0.730. The molecule has 2 fully saturated rings. The molecule has 2 aliphatic rings. The van der Waals surface area contributed by atoms with Gasteiger partial charge in [0.05, 0.1) is 5.92 Å². The molecule has 15 heavy (non-hydrogen) atoms. The van der Waals surface area contributed by atoms with Crippen molar-refractivity contribution >= 4 is 5.97 Å². The Labute approximate surface area is 91.2 Å². The van der Waals surface area contributed by atoms with Crippen LogP contribution < -0.4 is 5.32 Å². The highest BCUT2D eigenvalue weighted by Gasteiger charge is 2.32. The molecule has 2 unspecified atom stereocenters. The molecule has 2 atom stereocenters. The molecule has 0 radical (unpaired) electrons. The van der Waals surface area contributed by atoms with Gasteiger partial charge in [-0.05, 0) is 50.6 Å². The summed E-state index contributed by atoms with van der Waals surface area (Å²) in [5.41, 5.74) is 0. The van der Waals surface area contributed by atoms with Crippen molar-refractivity contribution in [3.8, 4) is 0 Å². The highest BCUT2D eigenvalue weighted by molar-refractivity contribution is 5.70. The third-order valence-corrected chi connectivity index (χ3v) is 4.04. The van der Waals surface area contributed by atoms with E-state index in [0.29, 0.717) is 5.92 Å². The summed E-state index contributed by atoms with van der Waals surface area (Å²) in [6, 6.07) is 0. The Kier molecular flexibility index (Phi) is 3.62. The fourth-order valence-corrected chi connectivity index (χ4v) is 2.78. The van der Waals surface area contributed by atoms with Crippen LogP contribution in [-0.4, -0.2) is 24.2 Å². The van der Waals surface area contributed by atoms with Gasteiger partial charge < -0.3 is 10.4 Å². The van der Waals surface area contributed by atoms with Gasteiger partial charge in [-0.3, -0.25) is 4.79 Å². The van der Waals surface area contributed by atoms with E-state index in [-0.39, 0.29) is 5.92 Å². The number of carboxylic acids is 1. The van der Waals surface area contributed by atoms with E-state index >= 15 is 0 Å². The lowest BCUT2D eigenvalue weighted by atomic mass is 9.85. The van der Waals surface area contributed by atoms with Gasteiger partial charge >= 0.3 is 5.97 Å². The highest BCUT2D eigenvalue weighted by atomic mass is 16.4. The molecular weight excluding hydrogens is 190 g/mol. The zero-order chi connectivity index (χ0) is 10.7. The summed E-state index contributed by atoms with van der Waals surface area (Å²) >= 11 is 0. The van der Waals surface area contributed by atoms with Crippen molar-refractivity contribution in [1.82, 2.24) is 5.32 Å². The molecule has 86 valence electrons. The van der Waals surface area contributed by atoms with E-state index in [1.54, 1.807) is 0 Å². The largest absolute Gasteiger partial charge is 0.481 e. The smallest absolute Gasteiger partial charge is 0.306 e. The van der Waals surface area contributed by atoms with Crippen LogP contribution in [-0.2, 0) is 4.79 Å². The number of hydrogen-bond donors (Lipinski definition) is 2. The highest BCUT2D eigenvalue weighted by Crippen LogP contribution is 2.31. The van der Waals surface area contributed by atoms with Crippen LogP contribution in [0, 0.1) is 17.8 Å². The molecule has 0 amide bonds. The van der Waals surface area contributed by atoms with Crippen LogP contribution in [0.1, 0.15) is 38.5 Å². The average molecular weight is 211 g/mol. The molecule has 0 saturated heterocycles. The van der Waals surface area contributed by atoms with Crippen molar-refractivity contribution in [2.24, 2.45) is 17.8 Å². The number of carboxylic acid groups (broad SMARTS) is 1. The second-order valence-corrected chi connectivity index (χ2v) is 5.09. The monoisotopic (exact) mass is 211 g/mol. The molecule has 3 nitrogen and oxygen atoms in total. The third-order valence-electron chi connectivity index (χ3n) is 4.04. The predicted molar refractivity (Wildman–Crippen MR) is 58.7 cm³/mol. The Balaban J connectivity index is 1.66. The maximum Gasteiger partial charge on any atom is 0.306 e. The second-order valence-electron chi connectivity index (χ2n) is 5.09. The fraction of sp³-hybridized carbons (Fsp3) is 0.917. The molecule has 2 N–H and O–H groups in total. The van der Waals surface area contributed by atoms with Crippen molar-refractivity contribution in [1.29, 1.82) is 0 Å². The van der Waals surface area contributed by atoms with Gasteiger partial charge in [0.1, 0.15) is 0 Å². The molecule has 2 aliphatic carbocycles. The number of hydrogen-bond acceptors (Lipinski definition) is 2. The van der Waals surface area contributed by atoms with Crippen LogP contribution in [0.25, 0.3) is 0 Å². The molecule has 0 aromatic heterocycles. The summed E-state index contributed by atoms with van der Waals surface area (Å²) < 4.78 is 0. The normalized spacial score (nSPS) is 31.5. The minimum absolute atomic E-state index is 0.0844. The van der Waals surface area contributed by atoms with E-state index in [4.69, 9.17) is 5.11 Å². The van der Waals surface area contributed by atoms with Gasteiger partial charge in [-0.25, -0.2) is 0 Å². The molecule has 0 aromatic carbocycles. The molecule has 2 saturated carbocycles. The van der Waals surface area contributed by atoms with Gasteiger partial charge in [-0.15, -0.1) is 0 Å². The van der Waals surface area contributed by atoms with Crippen molar-refractivity contribution in [3.63, 3.8) is 0 Å². The lowest BCUT2D eigenvalue weighted by Gasteiger charge is -2.26. The lowest BCUT2D eigenvalue weighted by Crippen LogP contribution is -2.33. The van der Waals surface area contributed by atoms with E-state index in [0.717, 1.165) is 38.3 Å². The Morgan fingerprint density at radius 3 is 2.47 bits per heavy atom. The molecule has 3 heteroatoms. The minimum atomic E-state index is -0.594. The lowest BCUT2D eigenvalue weighted by molar-refractivity contribution is -0.142. The summed E-state index contributed by atoms with van der Waals surface area (Å²) in [4.78, 5) is 10.9. The van der Waals surface area contributed by atoms with Crippen LogP contribution in [0.5, 0.6) is 0 Å². The summed E-state index contributed by atoms with van der Waals surface area (Å²) in [6.45, 7) is 2.01. The topological polar surface area (TPSA) is 49.3 Å². The standard InChI is InChI=1S/C12H21NO2/c14-12(15)11-6-2-5-10(11)8-13-7-9-3-1-4-9/h9-11,13H,1-8H2,(H,14,15). The van der Waals surface area contributed by atoms with Crippen molar-refractivity contribution in [3.05, 3.63) is 0 Å². The number of rotatable bonds is 5. The second kappa shape index (κ2) is 4.97. The molecule has 0 bridgehead atoms. The number of carbonyl (C=O) groups is 1. The maximum atomic E-state index is 10.9. The fourth-order valence-electron chi connectivity index (χ4n) is 2.78. The Morgan fingerprint density at radius 2 is 1.87 bits per heavy atom. The summed E-state index contributed by atoms with van der Waals surface area (Å²) in [5, 5.41) is 12.5.